The minimum absolute atomic E-state index is 0.541. The van der Waals surface area contributed by atoms with Gasteiger partial charge in [0, 0.05) is 27.7 Å². The topological polar surface area (TPSA) is 8.17 Å². The Morgan fingerprint density at radius 2 is 0.873 bits per heavy atom. The van der Waals surface area contributed by atoms with Gasteiger partial charge in [-0.05, 0) is 98.6 Å². The number of aromatic nitrogens is 1. The molecule has 0 saturated carbocycles. The van der Waals surface area contributed by atoms with E-state index in [0.717, 1.165) is 39.3 Å². The third-order valence-electron chi connectivity index (χ3n) is 13.1. The minimum Gasteiger partial charge on any atom is -0.309 e. The zero-order chi connectivity index (χ0) is 41.7. The monoisotopic (exact) mass is 802 g/mol. The largest absolute Gasteiger partial charge is 0.309 e. The average Bonchev–Trinajstić information content (AvgIpc) is 3.86. The maximum absolute atomic E-state index is 2.52. The molecule has 10 aromatic carbocycles. The molecule has 11 aromatic rings. The van der Waals surface area contributed by atoms with E-state index in [0.29, 0.717) is 0 Å². The van der Waals surface area contributed by atoms with E-state index < -0.39 is 5.41 Å². The van der Waals surface area contributed by atoms with E-state index in [2.05, 4.69) is 264 Å². The lowest BCUT2D eigenvalue weighted by molar-refractivity contribution is 0.768. The maximum atomic E-state index is 2.52. The molecule has 12 rings (SSSR count). The Balaban J connectivity index is 1.16. The van der Waals surface area contributed by atoms with Gasteiger partial charge in [0.1, 0.15) is 0 Å². The van der Waals surface area contributed by atoms with Crippen LogP contribution in [0.25, 0.3) is 60.9 Å². The van der Waals surface area contributed by atoms with Crippen molar-refractivity contribution in [3.05, 3.63) is 277 Å². The summed E-state index contributed by atoms with van der Waals surface area (Å²) in [5, 5.41) is 2.40. The SMILES string of the molecule is c1ccc(-c2cccc(-n3c4ccccc4c4c(N(c5ccc6c(c5)C(c5ccccc5)(c5ccccc5)c5ccccc5-6)c5ccccc5-c5ccccc5)cccc43)c2)cc1. The van der Waals surface area contributed by atoms with Crippen molar-refractivity contribution in [2.75, 3.05) is 4.90 Å². The lowest BCUT2D eigenvalue weighted by Gasteiger charge is -2.35. The van der Waals surface area contributed by atoms with Crippen LogP contribution in [0.4, 0.5) is 17.1 Å². The molecule has 0 bridgehead atoms. The van der Waals surface area contributed by atoms with Gasteiger partial charge in [-0.2, -0.15) is 0 Å². The lowest BCUT2D eigenvalue weighted by Crippen LogP contribution is -2.28. The van der Waals surface area contributed by atoms with Gasteiger partial charge < -0.3 is 9.47 Å². The first kappa shape index (κ1) is 36.6. The van der Waals surface area contributed by atoms with Crippen molar-refractivity contribution in [3.63, 3.8) is 0 Å². The molecule has 0 aliphatic heterocycles. The molecule has 296 valence electrons. The average molecular weight is 803 g/mol. The van der Waals surface area contributed by atoms with Gasteiger partial charge in [0.2, 0.25) is 0 Å². The van der Waals surface area contributed by atoms with E-state index in [1.807, 2.05) is 0 Å². The Kier molecular flexibility index (Phi) is 8.76. The molecule has 2 heteroatoms. The van der Waals surface area contributed by atoms with Gasteiger partial charge in [0.05, 0.1) is 27.8 Å². The number of para-hydroxylation sites is 2. The molecule has 63 heavy (non-hydrogen) atoms. The Labute approximate surface area is 368 Å². The Morgan fingerprint density at radius 3 is 1.62 bits per heavy atom. The normalized spacial score (nSPS) is 12.6. The third kappa shape index (κ3) is 5.80. The second-order valence-electron chi connectivity index (χ2n) is 16.4. The highest BCUT2D eigenvalue weighted by atomic mass is 15.2. The molecule has 0 amide bonds. The van der Waals surface area contributed by atoms with Crippen molar-refractivity contribution < 1.29 is 0 Å². The molecule has 1 aliphatic carbocycles. The Bertz CT molecular complexity index is 3400. The number of nitrogens with zero attached hydrogens (tertiary/aromatic N) is 2. The predicted molar refractivity (Wildman–Crippen MR) is 264 cm³/mol. The number of fused-ring (bicyclic) bond motifs is 6. The summed E-state index contributed by atoms with van der Waals surface area (Å²) < 4.78 is 2.44. The van der Waals surface area contributed by atoms with E-state index in [4.69, 9.17) is 0 Å². The quantitative estimate of drug-likeness (QED) is 0.149. The molecule has 0 N–H and O–H groups in total. The molecule has 0 fully saturated rings. The van der Waals surface area contributed by atoms with Crippen LogP contribution in [0.15, 0.2) is 255 Å². The van der Waals surface area contributed by atoms with E-state index in [1.165, 1.54) is 60.8 Å². The fraction of sp³-hybridized carbons (Fsp3) is 0.0164. The fourth-order valence-electron chi connectivity index (χ4n) is 10.4. The zero-order valence-corrected chi connectivity index (χ0v) is 34.6. The van der Waals surface area contributed by atoms with Gasteiger partial charge in [-0.25, -0.2) is 0 Å². The molecule has 1 aromatic heterocycles. The van der Waals surface area contributed by atoms with Crippen molar-refractivity contribution in [2.45, 2.75) is 5.41 Å². The maximum Gasteiger partial charge on any atom is 0.0714 e. The van der Waals surface area contributed by atoms with Crippen molar-refractivity contribution in [2.24, 2.45) is 0 Å². The van der Waals surface area contributed by atoms with Crippen molar-refractivity contribution in [1.29, 1.82) is 0 Å². The first-order valence-corrected chi connectivity index (χ1v) is 21.8. The molecule has 2 nitrogen and oxygen atoms in total. The van der Waals surface area contributed by atoms with Gasteiger partial charge >= 0.3 is 0 Å². The molecular formula is C61H42N2. The fourth-order valence-corrected chi connectivity index (χ4v) is 10.4. The summed E-state index contributed by atoms with van der Waals surface area (Å²) in [5.41, 5.74) is 18.5. The second-order valence-corrected chi connectivity index (χ2v) is 16.4. The molecule has 0 saturated heterocycles. The predicted octanol–water partition coefficient (Wildman–Crippen LogP) is 16.0. The van der Waals surface area contributed by atoms with Crippen molar-refractivity contribution in [1.82, 2.24) is 4.57 Å². The molecule has 0 atom stereocenters. The standard InChI is InChI=1S/C61H42N2/c1-5-21-43(22-6-1)45-25-19-30-48(41-45)62-57-36-18-15-33-53(57)60-58(62)37-20-38-59(60)63(56-35-17-14-31-50(56)44-23-7-2-8-24-44)49-39-40-52-51-32-13-16-34-54(51)61(55(52)42-49,46-26-9-3-10-27-46)47-28-11-4-12-29-47/h1-42H. The van der Waals surface area contributed by atoms with Gasteiger partial charge in [0.25, 0.3) is 0 Å². The highest BCUT2D eigenvalue weighted by Crippen LogP contribution is 2.58. The highest BCUT2D eigenvalue weighted by molar-refractivity contribution is 6.17. The summed E-state index contributed by atoms with van der Waals surface area (Å²) in [6, 6.07) is 93.4. The smallest absolute Gasteiger partial charge is 0.0714 e. The number of benzene rings is 10. The van der Waals surface area contributed by atoms with Crippen LogP contribution >= 0.6 is 0 Å². The van der Waals surface area contributed by atoms with E-state index in [-0.39, 0.29) is 0 Å². The molecule has 0 unspecified atom stereocenters. The minimum atomic E-state index is -0.541. The number of hydrogen-bond acceptors (Lipinski definition) is 1. The van der Waals surface area contributed by atoms with Crippen LogP contribution < -0.4 is 4.90 Å². The Hall–Kier alpha value is -8.20. The van der Waals surface area contributed by atoms with Crippen molar-refractivity contribution >= 4 is 38.9 Å². The summed E-state index contributed by atoms with van der Waals surface area (Å²) >= 11 is 0. The third-order valence-corrected chi connectivity index (χ3v) is 13.1. The van der Waals surface area contributed by atoms with Gasteiger partial charge in [-0.3, -0.25) is 0 Å². The van der Waals surface area contributed by atoms with Gasteiger partial charge in [-0.15, -0.1) is 0 Å². The summed E-state index contributed by atoms with van der Waals surface area (Å²) in [5.74, 6) is 0. The summed E-state index contributed by atoms with van der Waals surface area (Å²) in [6.07, 6.45) is 0. The molecule has 1 heterocycles. The molecule has 0 radical (unpaired) electrons. The van der Waals surface area contributed by atoms with Crippen LogP contribution in [-0.4, -0.2) is 4.57 Å². The van der Waals surface area contributed by atoms with Crippen LogP contribution in [0.2, 0.25) is 0 Å². The summed E-state index contributed by atoms with van der Waals surface area (Å²) in [4.78, 5) is 2.52. The number of anilines is 3. The molecule has 0 spiro atoms. The van der Waals surface area contributed by atoms with Crippen LogP contribution in [0.1, 0.15) is 22.3 Å². The lowest BCUT2D eigenvalue weighted by atomic mass is 9.67. The summed E-state index contributed by atoms with van der Waals surface area (Å²) in [6.45, 7) is 0. The number of hydrogen-bond donors (Lipinski definition) is 0. The van der Waals surface area contributed by atoms with Crippen molar-refractivity contribution in [3.8, 4) is 39.1 Å². The first-order valence-electron chi connectivity index (χ1n) is 21.8. The summed E-state index contributed by atoms with van der Waals surface area (Å²) in [7, 11) is 0. The van der Waals surface area contributed by atoms with Gasteiger partial charge in [0.15, 0.2) is 0 Å². The van der Waals surface area contributed by atoms with E-state index in [1.54, 1.807) is 0 Å². The molecule has 1 aliphatic rings. The molecular weight excluding hydrogens is 761 g/mol. The van der Waals surface area contributed by atoms with E-state index >= 15 is 0 Å². The first-order chi connectivity index (χ1) is 31.3. The second kappa shape index (κ2) is 15.1. The van der Waals surface area contributed by atoms with Crippen LogP contribution in [0, 0.1) is 0 Å². The van der Waals surface area contributed by atoms with E-state index in [9.17, 15) is 0 Å². The highest BCUT2D eigenvalue weighted by Gasteiger charge is 2.46. The number of rotatable bonds is 8. The van der Waals surface area contributed by atoms with Crippen LogP contribution in [0.3, 0.4) is 0 Å². The zero-order valence-electron chi connectivity index (χ0n) is 34.6. The Morgan fingerprint density at radius 1 is 0.333 bits per heavy atom. The van der Waals surface area contributed by atoms with Crippen LogP contribution in [0.5, 0.6) is 0 Å². The van der Waals surface area contributed by atoms with Gasteiger partial charge in [-0.1, -0.05) is 206 Å². The van der Waals surface area contributed by atoms with Crippen LogP contribution in [-0.2, 0) is 5.41 Å².